The van der Waals surface area contributed by atoms with Crippen LogP contribution in [0.3, 0.4) is 0 Å². The molecule has 1 N–H and O–H groups in total. The van der Waals surface area contributed by atoms with Crippen LogP contribution in [0.5, 0.6) is 0 Å². The lowest BCUT2D eigenvalue weighted by Crippen LogP contribution is -2.38. The Morgan fingerprint density at radius 1 is 1.22 bits per heavy atom. The maximum atomic E-state index is 12.5. The number of amides is 1. The van der Waals surface area contributed by atoms with E-state index < -0.39 is 0 Å². The summed E-state index contributed by atoms with van der Waals surface area (Å²) >= 11 is 1.67. The maximum absolute atomic E-state index is 12.5. The highest BCUT2D eigenvalue weighted by Gasteiger charge is 2.26. The van der Waals surface area contributed by atoms with Gasteiger partial charge in [0.15, 0.2) is 5.13 Å². The lowest BCUT2D eigenvalue weighted by atomic mass is 9.96. The number of carbonyl (C=O) groups is 1. The second-order valence-electron chi connectivity index (χ2n) is 6.40. The fraction of sp³-hybridized carbons (Fsp3) is 0.444. The molecule has 5 heteroatoms. The van der Waals surface area contributed by atoms with Gasteiger partial charge < -0.3 is 10.2 Å². The summed E-state index contributed by atoms with van der Waals surface area (Å²) in [6.07, 6.45) is 7.20. The summed E-state index contributed by atoms with van der Waals surface area (Å²) in [7, 11) is 0. The van der Waals surface area contributed by atoms with Crippen molar-refractivity contribution in [2.75, 3.05) is 23.3 Å². The number of rotatable bonds is 3. The van der Waals surface area contributed by atoms with Crippen LogP contribution in [0.1, 0.15) is 30.4 Å². The number of aryl methyl sites for hydroxylation is 2. The van der Waals surface area contributed by atoms with Gasteiger partial charge in [-0.05, 0) is 55.4 Å². The number of hydrogen-bond donors (Lipinski definition) is 1. The molecule has 1 aromatic carbocycles. The van der Waals surface area contributed by atoms with Gasteiger partial charge in [0.2, 0.25) is 5.91 Å². The third-order valence-corrected chi connectivity index (χ3v) is 5.75. The molecule has 2 aliphatic rings. The van der Waals surface area contributed by atoms with Crippen molar-refractivity contribution in [1.82, 2.24) is 4.98 Å². The van der Waals surface area contributed by atoms with E-state index >= 15 is 0 Å². The molecule has 2 aromatic rings. The average Bonchev–Trinajstić information content (AvgIpc) is 3.26. The molecule has 0 unspecified atom stereocenters. The molecule has 23 heavy (non-hydrogen) atoms. The smallest absolute Gasteiger partial charge is 0.227 e. The van der Waals surface area contributed by atoms with Crippen LogP contribution in [0.4, 0.5) is 10.8 Å². The summed E-state index contributed by atoms with van der Waals surface area (Å²) in [5.74, 6) is 0.279. The van der Waals surface area contributed by atoms with E-state index in [1.54, 1.807) is 11.3 Å². The zero-order valence-corrected chi connectivity index (χ0v) is 13.9. The molecule has 1 aromatic heterocycles. The van der Waals surface area contributed by atoms with Crippen LogP contribution in [-0.2, 0) is 17.6 Å². The van der Waals surface area contributed by atoms with Gasteiger partial charge in [0.1, 0.15) is 0 Å². The third-order valence-electron chi connectivity index (χ3n) is 4.92. The highest BCUT2D eigenvalue weighted by atomic mass is 32.1. The van der Waals surface area contributed by atoms with Crippen molar-refractivity contribution in [3.05, 3.63) is 40.9 Å². The number of anilines is 2. The topological polar surface area (TPSA) is 45.2 Å². The molecule has 120 valence electrons. The Balaban J connectivity index is 1.35. The van der Waals surface area contributed by atoms with Gasteiger partial charge >= 0.3 is 0 Å². The number of nitrogens with one attached hydrogen (secondary N) is 1. The number of nitrogens with zero attached hydrogens (tertiary/aromatic N) is 2. The quantitative estimate of drug-likeness (QED) is 0.938. The first-order chi connectivity index (χ1) is 11.3. The van der Waals surface area contributed by atoms with Crippen LogP contribution in [0.15, 0.2) is 29.8 Å². The summed E-state index contributed by atoms with van der Waals surface area (Å²) in [4.78, 5) is 19.2. The molecule has 0 radical (unpaired) electrons. The average molecular weight is 327 g/mol. The van der Waals surface area contributed by atoms with E-state index in [4.69, 9.17) is 0 Å². The molecule has 0 saturated carbocycles. The summed E-state index contributed by atoms with van der Waals surface area (Å²) in [5.41, 5.74) is 3.80. The summed E-state index contributed by atoms with van der Waals surface area (Å²) in [6, 6.07) is 6.38. The van der Waals surface area contributed by atoms with E-state index in [2.05, 4.69) is 27.3 Å². The number of piperidine rings is 1. The fourth-order valence-electron chi connectivity index (χ4n) is 3.60. The Hall–Kier alpha value is -1.88. The van der Waals surface area contributed by atoms with Gasteiger partial charge in [-0.15, -0.1) is 11.3 Å². The van der Waals surface area contributed by atoms with Gasteiger partial charge in [-0.3, -0.25) is 4.79 Å². The van der Waals surface area contributed by atoms with Crippen LogP contribution in [0.2, 0.25) is 0 Å². The van der Waals surface area contributed by atoms with E-state index in [1.807, 2.05) is 17.6 Å². The predicted molar refractivity (Wildman–Crippen MR) is 94.1 cm³/mol. The van der Waals surface area contributed by atoms with Crippen LogP contribution in [0.25, 0.3) is 0 Å². The van der Waals surface area contributed by atoms with Gasteiger partial charge in [0, 0.05) is 36.3 Å². The standard InChI is InChI=1S/C18H21N3OS/c22-17(20-16-5-4-13-2-1-3-15(13)12-16)14-6-9-21(10-7-14)18-19-8-11-23-18/h4-5,8,11-12,14H,1-3,6-7,9-10H2,(H,20,22). The minimum Gasteiger partial charge on any atom is -0.348 e. The number of aromatic nitrogens is 1. The number of hydrogen-bond acceptors (Lipinski definition) is 4. The monoisotopic (exact) mass is 327 g/mol. The Morgan fingerprint density at radius 2 is 2.04 bits per heavy atom. The molecule has 2 heterocycles. The lowest BCUT2D eigenvalue weighted by molar-refractivity contribution is -0.120. The van der Waals surface area contributed by atoms with Gasteiger partial charge in [-0.1, -0.05) is 6.07 Å². The molecule has 0 bridgehead atoms. The third kappa shape index (κ3) is 3.11. The van der Waals surface area contributed by atoms with Crippen LogP contribution >= 0.6 is 11.3 Å². The van der Waals surface area contributed by atoms with E-state index in [9.17, 15) is 4.79 Å². The molecule has 4 nitrogen and oxygen atoms in total. The molecule has 1 aliphatic heterocycles. The van der Waals surface area contributed by atoms with Gasteiger partial charge in [-0.2, -0.15) is 0 Å². The Bertz CT molecular complexity index is 690. The Kier molecular flexibility index (Phi) is 4.04. The predicted octanol–water partition coefficient (Wildman–Crippen LogP) is 3.49. The highest BCUT2D eigenvalue weighted by Crippen LogP contribution is 2.27. The summed E-state index contributed by atoms with van der Waals surface area (Å²) < 4.78 is 0. The second-order valence-corrected chi connectivity index (χ2v) is 7.28. The number of benzene rings is 1. The fourth-order valence-corrected chi connectivity index (χ4v) is 4.30. The first-order valence-corrected chi connectivity index (χ1v) is 9.25. The van der Waals surface area contributed by atoms with Crippen molar-refractivity contribution in [3.63, 3.8) is 0 Å². The minimum atomic E-state index is 0.111. The maximum Gasteiger partial charge on any atom is 0.227 e. The second kappa shape index (κ2) is 6.32. The molecule has 0 spiro atoms. The zero-order chi connectivity index (χ0) is 15.6. The molecule has 1 aliphatic carbocycles. The van der Waals surface area contributed by atoms with E-state index in [-0.39, 0.29) is 11.8 Å². The van der Waals surface area contributed by atoms with Crippen molar-refractivity contribution in [1.29, 1.82) is 0 Å². The molecular weight excluding hydrogens is 306 g/mol. The minimum absolute atomic E-state index is 0.111. The van der Waals surface area contributed by atoms with Crippen molar-refractivity contribution in [2.45, 2.75) is 32.1 Å². The molecule has 1 saturated heterocycles. The van der Waals surface area contributed by atoms with E-state index in [1.165, 1.54) is 24.0 Å². The first kappa shape index (κ1) is 14.7. The first-order valence-electron chi connectivity index (χ1n) is 8.37. The zero-order valence-electron chi connectivity index (χ0n) is 13.1. The number of carbonyl (C=O) groups excluding carboxylic acids is 1. The van der Waals surface area contributed by atoms with E-state index in [0.717, 1.165) is 43.2 Å². The summed E-state index contributed by atoms with van der Waals surface area (Å²) in [5, 5.41) is 6.19. The van der Waals surface area contributed by atoms with Crippen molar-refractivity contribution < 1.29 is 4.79 Å². The normalized spacial score (nSPS) is 18.0. The molecular formula is C18H21N3OS. The van der Waals surface area contributed by atoms with Crippen LogP contribution in [-0.4, -0.2) is 24.0 Å². The summed E-state index contributed by atoms with van der Waals surface area (Å²) in [6.45, 7) is 1.82. The Labute approximate surface area is 140 Å². The van der Waals surface area contributed by atoms with Crippen molar-refractivity contribution in [2.24, 2.45) is 5.92 Å². The molecule has 1 fully saturated rings. The SMILES string of the molecule is O=C(Nc1ccc2c(c1)CCC2)C1CCN(c2nccs2)CC1. The van der Waals surface area contributed by atoms with Crippen molar-refractivity contribution >= 4 is 28.1 Å². The van der Waals surface area contributed by atoms with Gasteiger partial charge in [0.05, 0.1) is 0 Å². The van der Waals surface area contributed by atoms with Crippen molar-refractivity contribution in [3.8, 4) is 0 Å². The number of fused-ring (bicyclic) bond motifs is 1. The van der Waals surface area contributed by atoms with Crippen LogP contribution in [0, 0.1) is 5.92 Å². The highest BCUT2D eigenvalue weighted by molar-refractivity contribution is 7.13. The van der Waals surface area contributed by atoms with Crippen LogP contribution < -0.4 is 10.2 Å². The molecule has 4 rings (SSSR count). The van der Waals surface area contributed by atoms with Gasteiger partial charge in [-0.25, -0.2) is 4.98 Å². The largest absolute Gasteiger partial charge is 0.348 e. The van der Waals surface area contributed by atoms with E-state index in [0.29, 0.717) is 0 Å². The number of thiazole rings is 1. The lowest BCUT2D eigenvalue weighted by Gasteiger charge is -2.31. The van der Waals surface area contributed by atoms with Gasteiger partial charge in [0.25, 0.3) is 0 Å². The Morgan fingerprint density at radius 3 is 2.83 bits per heavy atom. The molecule has 1 amide bonds. The molecule has 0 atom stereocenters.